The van der Waals surface area contributed by atoms with Gasteiger partial charge in [-0.25, -0.2) is 5.01 Å². The van der Waals surface area contributed by atoms with Gasteiger partial charge in [0.15, 0.2) is 11.6 Å². The summed E-state index contributed by atoms with van der Waals surface area (Å²) >= 11 is 6.95. The average Bonchev–Trinajstić information content (AvgIpc) is 3.41. The van der Waals surface area contributed by atoms with Crippen molar-refractivity contribution in [1.29, 1.82) is 0 Å². The maximum absolute atomic E-state index is 14.3. The molecule has 2 fully saturated rings. The van der Waals surface area contributed by atoms with Crippen LogP contribution in [0.4, 0.5) is 0 Å². The van der Waals surface area contributed by atoms with Crippen LogP contribution >= 0.6 is 31.9 Å². The first-order chi connectivity index (χ1) is 15.9. The number of carbonyl (C=O) groups excluding carboxylic acids is 3. The normalized spacial score (nSPS) is 23.5. The zero-order valence-corrected chi connectivity index (χ0v) is 20.5. The second-order valence-electron chi connectivity index (χ2n) is 8.63. The lowest BCUT2D eigenvalue weighted by atomic mass is 9.67. The van der Waals surface area contributed by atoms with E-state index in [4.69, 9.17) is 0 Å². The van der Waals surface area contributed by atoms with Crippen molar-refractivity contribution in [1.82, 2.24) is 10.0 Å². The fraction of sp³-hybridized carbons (Fsp3) is 0.192. The topological polar surface area (TPSA) is 57.7 Å². The number of fused-ring (bicyclic) bond motifs is 2. The lowest BCUT2D eigenvalue weighted by Gasteiger charge is -2.34. The van der Waals surface area contributed by atoms with E-state index in [0.29, 0.717) is 24.1 Å². The quantitative estimate of drug-likeness (QED) is 0.384. The summed E-state index contributed by atoms with van der Waals surface area (Å²) in [5, 5.41) is 3.62. The predicted molar refractivity (Wildman–Crippen MR) is 129 cm³/mol. The van der Waals surface area contributed by atoms with Gasteiger partial charge >= 0.3 is 0 Å². The van der Waals surface area contributed by atoms with Gasteiger partial charge in [0, 0.05) is 33.0 Å². The van der Waals surface area contributed by atoms with E-state index < -0.39 is 17.5 Å². The summed E-state index contributed by atoms with van der Waals surface area (Å²) in [6.07, 6.45) is 0.353. The summed E-state index contributed by atoms with van der Waals surface area (Å²) in [7, 11) is 0. The second kappa shape index (κ2) is 7.45. The van der Waals surface area contributed by atoms with Crippen LogP contribution in [-0.2, 0) is 4.79 Å². The number of rotatable bonds is 2. The zero-order chi connectivity index (χ0) is 22.9. The second-order valence-corrected chi connectivity index (χ2v) is 10.5. The third-order valence-electron chi connectivity index (χ3n) is 7.03. The number of amides is 1. The molecule has 1 amide bonds. The van der Waals surface area contributed by atoms with E-state index in [2.05, 4.69) is 31.9 Å². The van der Waals surface area contributed by atoms with E-state index >= 15 is 0 Å². The molecule has 0 N–H and O–H groups in total. The summed E-state index contributed by atoms with van der Waals surface area (Å²) in [5.41, 5.74) is 1.02. The molecule has 2 aliphatic heterocycles. The van der Waals surface area contributed by atoms with E-state index in [0.717, 1.165) is 20.1 Å². The van der Waals surface area contributed by atoms with Crippen LogP contribution in [0.2, 0.25) is 0 Å². The van der Waals surface area contributed by atoms with Gasteiger partial charge in [-0.1, -0.05) is 80.4 Å². The Kier molecular flexibility index (Phi) is 4.73. The molecule has 1 spiro atoms. The smallest absolute Gasteiger partial charge is 0.238 e. The number of hydrogen-bond donors (Lipinski definition) is 0. The van der Waals surface area contributed by atoms with Crippen LogP contribution in [-0.4, -0.2) is 34.0 Å². The summed E-state index contributed by atoms with van der Waals surface area (Å²) < 4.78 is 1.80. The van der Waals surface area contributed by atoms with Gasteiger partial charge in [0.1, 0.15) is 5.41 Å². The largest absolute Gasteiger partial charge is 0.293 e. The van der Waals surface area contributed by atoms with Gasteiger partial charge in [0.25, 0.3) is 0 Å². The Labute approximate surface area is 207 Å². The molecule has 3 aromatic carbocycles. The fourth-order valence-electron chi connectivity index (χ4n) is 5.75. The Bertz CT molecular complexity index is 1290. The number of ketones is 2. The standard InChI is InChI=1S/C26H18Br2N2O3/c27-17-9-5-15(6-10-17)22-26(24(32)19-3-1-2-4-20(19)25(26)33)23(16-7-11-18(28)12-8-16)30-21(31)13-14-29(22)30/h1-12,22-23H,13-14H2/t22-,23+/m1/s1. The highest BCUT2D eigenvalue weighted by atomic mass is 79.9. The van der Waals surface area contributed by atoms with Crippen LogP contribution < -0.4 is 0 Å². The lowest BCUT2D eigenvalue weighted by Crippen LogP contribution is -2.44. The molecule has 0 saturated carbocycles. The zero-order valence-electron chi connectivity index (χ0n) is 17.4. The maximum atomic E-state index is 14.3. The maximum Gasteiger partial charge on any atom is 0.238 e. The molecule has 5 nitrogen and oxygen atoms in total. The molecule has 33 heavy (non-hydrogen) atoms. The van der Waals surface area contributed by atoms with Crippen molar-refractivity contribution < 1.29 is 14.4 Å². The van der Waals surface area contributed by atoms with Crippen LogP contribution in [0.5, 0.6) is 0 Å². The fourth-order valence-corrected chi connectivity index (χ4v) is 6.28. The third kappa shape index (κ3) is 2.76. The van der Waals surface area contributed by atoms with E-state index in [-0.39, 0.29) is 17.5 Å². The van der Waals surface area contributed by atoms with Gasteiger partial charge in [0.05, 0.1) is 12.1 Å². The van der Waals surface area contributed by atoms with Gasteiger partial charge < -0.3 is 0 Å². The molecule has 2 atom stereocenters. The van der Waals surface area contributed by atoms with E-state index in [1.54, 1.807) is 29.3 Å². The van der Waals surface area contributed by atoms with Crippen LogP contribution in [0.3, 0.4) is 0 Å². The molecule has 0 bridgehead atoms. The monoisotopic (exact) mass is 564 g/mol. The van der Waals surface area contributed by atoms with Gasteiger partial charge in [-0.2, -0.15) is 0 Å². The van der Waals surface area contributed by atoms with Crippen LogP contribution in [0, 0.1) is 5.41 Å². The highest BCUT2D eigenvalue weighted by molar-refractivity contribution is 9.10. The Morgan fingerprint density at radius 1 is 0.697 bits per heavy atom. The SMILES string of the molecule is O=C1CCN2[C@H](c3ccc(Br)cc3)C3(C(=O)c4ccccc4C3=O)[C@H](c3ccc(Br)cc3)N12. The Hall–Kier alpha value is -2.61. The number of hydrogen-bond acceptors (Lipinski definition) is 4. The van der Waals surface area contributed by atoms with Gasteiger partial charge in [-0.3, -0.25) is 19.4 Å². The van der Waals surface area contributed by atoms with Crippen molar-refractivity contribution in [2.24, 2.45) is 5.41 Å². The Morgan fingerprint density at radius 3 is 1.70 bits per heavy atom. The van der Waals surface area contributed by atoms with E-state index in [1.807, 2.05) is 53.5 Å². The van der Waals surface area contributed by atoms with Crippen molar-refractivity contribution >= 4 is 49.3 Å². The number of hydrazine groups is 1. The molecule has 1 aliphatic carbocycles. The molecule has 7 heteroatoms. The predicted octanol–water partition coefficient (Wildman–Crippen LogP) is 5.52. The molecule has 164 valence electrons. The van der Waals surface area contributed by atoms with Crippen molar-refractivity contribution in [2.75, 3.05) is 6.54 Å². The van der Waals surface area contributed by atoms with Gasteiger partial charge in [-0.15, -0.1) is 0 Å². The molecule has 0 unspecified atom stereocenters. The molecule has 2 heterocycles. The molecule has 0 radical (unpaired) electrons. The minimum Gasteiger partial charge on any atom is -0.293 e. The molecule has 3 aliphatic rings. The molecular formula is C26H18Br2N2O3. The number of nitrogens with zero attached hydrogens (tertiary/aromatic N) is 2. The Morgan fingerprint density at radius 2 is 1.18 bits per heavy atom. The van der Waals surface area contributed by atoms with E-state index in [1.165, 1.54) is 0 Å². The van der Waals surface area contributed by atoms with Crippen LogP contribution in [0.25, 0.3) is 0 Å². The summed E-state index contributed by atoms with van der Waals surface area (Å²) in [6, 6.07) is 21.0. The first-order valence-corrected chi connectivity index (χ1v) is 12.3. The molecule has 6 rings (SSSR count). The molecule has 0 aromatic heterocycles. The first kappa shape index (κ1) is 21.0. The van der Waals surface area contributed by atoms with Gasteiger partial charge in [0.2, 0.25) is 5.91 Å². The molecule has 3 aromatic rings. The summed E-state index contributed by atoms with van der Waals surface area (Å²) in [5.74, 6) is -0.504. The van der Waals surface area contributed by atoms with Crippen molar-refractivity contribution in [3.63, 3.8) is 0 Å². The van der Waals surface area contributed by atoms with E-state index in [9.17, 15) is 14.4 Å². The lowest BCUT2D eigenvalue weighted by molar-refractivity contribution is -0.138. The third-order valence-corrected chi connectivity index (χ3v) is 8.09. The number of carbonyl (C=O) groups is 3. The number of benzene rings is 3. The van der Waals surface area contributed by atoms with Gasteiger partial charge in [-0.05, 0) is 35.4 Å². The molecular weight excluding hydrogens is 548 g/mol. The summed E-state index contributed by atoms with van der Waals surface area (Å²) in [6.45, 7) is 0.464. The van der Waals surface area contributed by atoms with Crippen molar-refractivity contribution in [3.05, 3.63) is 104 Å². The van der Waals surface area contributed by atoms with Crippen LogP contribution in [0.15, 0.2) is 81.7 Å². The van der Waals surface area contributed by atoms with Crippen LogP contribution in [0.1, 0.15) is 50.3 Å². The average molecular weight is 566 g/mol. The number of Topliss-reactive ketones (excluding diaryl/α,β-unsaturated/α-hetero) is 2. The highest BCUT2D eigenvalue weighted by Gasteiger charge is 2.72. The molecule has 2 saturated heterocycles. The Balaban J connectivity index is 1.67. The van der Waals surface area contributed by atoms with Crippen molar-refractivity contribution in [2.45, 2.75) is 18.5 Å². The first-order valence-electron chi connectivity index (χ1n) is 10.7. The minimum atomic E-state index is -1.46. The number of halogens is 2. The highest BCUT2D eigenvalue weighted by Crippen LogP contribution is 2.63. The van der Waals surface area contributed by atoms with Crippen molar-refractivity contribution in [3.8, 4) is 0 Å². The minimum absolute atomic E-state index is 0.0709. The summed E-state index contributed by atoms with van der Waals surface area (Å²) in [4.78, 5) is 41.7.